The third-order valence-corrected chi connectivity index (χ3v) is 3.57. The van der Waals surface area contributed by atoms with Gasteiger partial charge in [-0.2, -0.15) is 0 Å². The van der Waals surface area contributed by atoms with Crippen molar-refractivity contribution in [3.8, 4) is 0 Å². The fourth-order valence-electron chi connectivity index (χ4n) is 2.13. The van der Waals surface area contributed by atoms with E-state index in [9.17, 15) is 9.59 Å². The van der Waals surface area contributed by atoms with Gasteiger partial charge in [-0.3, -0.25) is 9.59 Å². The third kappa shape index (κ3) is 2.84. The normalized spacial score (nSPS) is 15.1. The van der Waals surface area contributed by atoms with Crippen molar-refractivity contribution < 1.29 is 9.59 Å². The number of nitrogens with two attached hydrogens (primary N) is 1. The molecule has 0 radical (unpaired) electrons. The number of hydrogen-bond donors (Lipinski definition) is 1. The maximum Gasteiger partial charge on any atom is 0.254 e. The molecular formula is C15H18N2O2. The molecule has 19 heavy (non-hydrogen) atoms. The van der Waals surface area contributed by atoms with Gasteiger partial charge in [0.25, 0.3) is 5.91 Å². The van der Waals surface area contributed by atoms with Crippen LogP contribution in [0, 0.1) is 13.8 Å². The van der Waals surface area contributed by atoms with Crippen molar-refractivity contribution in [2.24, 2.45) is 5.73 Å². The van der Waals surface area contributed by atoms with Crippen molar-refractivity contribution in [1.29, 1.82) is 0 Å². The molecule has 4 heteroatoms. The first-order valence-corrected chi connectivity index (χ1v) is 6.34. The number of hydrogen-bond acceptors (Lipinski definition) is 2. The van der Waals surface area contributed by atoms with Gasteiger partial charge in [0.05, 0.1) is 0 Å². The molecule has 4 nitrogen and oxygen atoms in total. The lowest BCUT2D eigenvalue weighted by Gasteiger charge is -2.25. The lowest BCUT2D eigenvalue weighted by molar-refractivity contribution is -0.114. The predicted octanol–water partition coefficient (Wildman–Crippen LogP) is 1.56. The molecule has 100 valence electrons. The van der Waals surface area contributed by atoms with Gasteiger partial charge in [0.1, 0.15) is 0 Å². The van der Waals surface area contributed by atoms with Gasteiger partial charge in [0, 0.05) is 24.2 Å². The van der Waals surface area contributed by atoms with Gasteiger partial charge in [-0.05, 0) is 43.5 Å². The van der Waals surface area contributed by atoms with Gasteiger partial charge in [-0.1, -0.05) is 12.1 Å². The molecule has 0 atom stereocenters. The summed E-state index contributed by atoms with van der Waals surface area (Å²) in [7, 11) is 0. The number of carbonyl (C=O) groups is 2. The zero-order chi connectivity index (χ0) is 14.0. The van der Waals surface area contributed by atoms with Crippen LogP contribution in [0.15, 0.2) is 29.8 Å². The van der Waals surface area contributed by atoms with Crippen LogP contribution >= 0.6 is 0 Å². The first-order chi connectivity index (χ1) is 8.99. The molecule has 2 N–H and O–H groups in total. The second-order valence-electron chi connectivity index (χ2n) is 4.89. The molecule has 1 aromatic carbocycles. The molecule has 0 bridgehead atoms. The molecule has 1 aliphatic heterocycles. The lowest BCUT2D eigenvalue weighted by Crippen LogP contribution is -2.36. The summed E-state index contributed by atoms with van der Waals surface area (Å²) >= 11 is 0. The molecule has 0 unspecified atom stereocenters. The van der Waals surface area contributed by atoms with Crippen LogP contribution < -0.4 is 5.73 Å². The minimum Gasteiger partial charge on any atom is -0.366 e. The van der Waals surface area contributed by atoms with Gasteiger partial charge in [0.2, 0.25) is 5.91 Å². The van der Waals surface area contributed by atoms with Crippen LogP contribution in [0.5, 0.6) is 0 Å². The van der Waals surface area contributed by atoms with Crippen molar-refractivity contribution in [1.82, 2.24) is 4.90 Å². The second-order valence-corrected chi connectivity index (χ2v) is 4.89. The summed E-state index contributed by atoms with van der Waals surface area (Å²) in [5, 5.41) is 0. The van der Waals surface area contributed by atoms with Gasteiger partial charge in [-0.15, -0.1) is 0 Å². The number of amides is 2. The van der Waals surface area contributed by atoms with Gasteiger partial charge in [-0.25, -0.2) is 0 Å². The molecular weight excluding hydrogens is 240 g/mol. The Labute approximate surface area is 112 Å². The van der Waals surface area contributed by atoms with Crippen molar-refractivity contribution >= 4 is 11.8 Å². The van der Waals surface area contributed by atoms with E-state index in [0.29, 0.717) is 30.6 Å². The second kappa shape index (κ2) is 5.26. The highest BCUT2D eigenvalue weighted by Gasteiger charge is 2.20. The van der Waals surface area contributed by atoms with Crippen LogP contribution in [0.25, 0.3) is 0 Å². The molecule has 0 saturated carbocycles. The van der Waals surface area contributed by atoms with E-state index in [4.69, 9.17) is 5.73 Å². The van der Waals surface area contributed by atoms with E-state index >= 15 is 0 Å². The van der Waals surface area contributed by atoms with Gasteiger partial charge in [0.15, 0.2) is 0 Å². The maximum atomic E-state index is 12.3. The van der Waals surface area contributed by atoms with Crippen molar-refractivity contribution in [2.75, 3.05) is 13.1 Å². The van der Waals surface area contributed by atoms with E-state index in [1.807, 2.05) is 32.0 Å². The Morgan fingerprint density at radius 1 is 1.21 bits per heavy atom. The van der Waals surface area contributed by atoms with Crippen molar-refractivity contribution in [3.05, 3.63) is 46.5 Å². The average molecular weight is 258 g/mol. The highest BCUT2D eigenvalue weighted by Crippen LogP contribution is 2.16. The van der Waals surface area contributed by atoms with Crippen LogP contribution in [0.4, 0.5) is 0 Å². The van der Waals surface area contributed by atoms with Crippen LogP contribution in [0.1, 0.15) is 27.9 Å². The minimum absolute atomic E-state index is 0.00266. The maximum absolute atomic E-state index is 12.3. The topological polar surface area (TPSA) is 63.4 Å². The summed E-state index contributed by atoms with van der Waals surface area (Å²) in [6.45, 7) is 5.00. The Bertz CT molecular complexity index is 561. The molecule has 2 amide bonds. The first kappa shape index (κ1) is 13.3. The smallest absolute Gasteiger partial charge is 0.254 e. The number of primary amides is 1. The Morgan fingerprint density at radius 3 is 2.47 bits per heavy atom. The van der Waals surface area contributed by atoms with Crippen LogP contribution in [-0.4, -0.2) is 29.8 Å². The molecule has 0 spiro atoms. The van der Waals surface area contributed by atoms with E-state index in [-0.39, 0.29) is 5.91 Å². The number of nitrogens with zero attached hydrogens (tertiary/aromatic N) is 1. The van der Waals surface area contributed by atoms with E-state index in [1.54, 1.807) is 11.0 Å². The highest BCUT2D eigenvalue weighted by atomic mass is 16.2. The standard InChI is InChI=1S/C15H18N2O2/c1-10-3-4-13(9-11(10)2)15(19)17-7-5-12(6-8-17)14(16)18/h3-5,9H,6-8H2,1-2H3,(H2,16,18). The number of carbonyl (C=O) groups excluding carboxylic acids is 2. The van der Waals surface area contributed by atoms with Crippen LogP contribution in [0.2, 0.25) is 0 Å². The summed E-state index contributed by atoms with van der Waals surface area (Å²) in [4.78, 5) is 25.1. The molecule has 1 aliphatic rings. The van der Waals surface area contributed by atoms with E-state index in [0.717, 1.165) is 5.56 Å². The summed E-state index contributed by atoms with van der Waals surface area (Å²) < 4.78 is 0. The molecule has 0 fully saturated rings. The molecule has 0 aromatic heterocycles. The Balaban J connectivity index is 2.13. The predicted molar refractivity (Wildman–Crippen MR) is 73.7 cm³/mol. The number of benzene rings is 1. The molecule has 2 rings (SSSR count). The number of rotatable bonds is 2. The highest BCUT2D eigenvalue weighted by molar-refractivity contribution is 5.96. The fourth-order valence-corrected chi connectivity index (χ4v) is 2.13. The summed E-state index contributed by atoms with van der Waals surface area (Å²) in [5.74, 6) is -0.388. The number of aryl methyl sites for hydroxylation is 2. The third-order valence-electron chi connectivity index (χ3n) is 3.57. The van der Waals surface area contributed by atoms with Crippen molar-refractivity contribution in [2.45, 2.75) is 20.3 Å². The Hall–Kier alpha value is -2.10. The first-order valence-electron chi connectivity index (χ1n) is 6.34. The van der Waals surface area contributed by atoms with E-state index < -0.39 is 5.91 Å². The molecule has 1 aromatic rings. The summed E-state index contributed by atoms with van der Waals surface area (Å²) in [6.07, 6.45) is 2.27. The van der Waals surface area contributed by atoms with Crippen LogP contribution in [0.3, 0.4) is 0 Å². The Morgan fingerprint density at radius 2 is 1.95 bits per heavy atom. The van der Waals surface area contributed by atoms with Crippen molar-refractivity contribution in [3.63, 3.8) is 0 Å². The SMILES string of the molecule is Cc1ccc(C(=O)N2CC=C(C(N)=O)CC2)cc1C. The monoisotopic (exact) mass is 258 g/mol. The zero-order valence-electron chi connectivity index (χ0n) is 11.3. The van der Waals surface area contributed by atoms with Gasteiger partial charge < -0.3 is 10.6 Å². The summed E-state index contributed by atoms with van der Waals surface area (Å²) in [5.41, 5.74) is 8.81. The van der Waals surface area contributed by atoms with E-state index in [1.165, 1.54) is 5.56 Å². The minimum atomic E-state index is -0.390. The summed E-state index contributed by atoms with van der Waals surface area (Å²) in [6, 6.07) is 5.71. The zero-order valence-corrected chi connectivity index (χ0v) is 11.3. The molecule has 0 aliphatic carbocycles. The fraction of sp³-hybridized carbons (Fsp3) is 0.333. The Kier molecular flexibility index (Phi) is 3.69. The van der Waals surface area contributed by atoms with Crippen LogP contribution in [-0.2, 0) is 4.79 Å². The van der Waals surface area contributed by atoms with E-state index in [2.05, 4.69) is 0 Å². The molecule has 0 saturated heterocycles. The quantitative estimate of drug-likeness (QED) is 0.875. The largest absolute Gasteiger partial charge is 0.366 e. The lowest BCUT2D eigenvalue weighted by atomic mass is 10.0. The van der Waals surface area contributed by atoms with Gasteiger partial charge >= 0.3 is 0 Å². The molecule has 1 heterocycles. The average Bonchev–Trinajstić information content (AvgIpc) is 2.41.